The van der Waals surface area contributed by atoms with Crippen molar-refractivity contribution in [1.82, 2.24) is 5.32 Å². The number of amides is 1. The summed E-state index contributed by atoms with van der Waals surface area (Å²) in [6.45, 7) is 4.34. The van der Waals surface area contributed by atoms with E-state index in [4.69, 9.17) is 4.74 Å². The molecule has 1 aromatic rings. The molecule has 0 radical (unpaired) electrons. The van der Waals surface area contributed by atoms with Gasteiger partial charge in [0.05, 0.1) is 12.0 Å². The van der Waals surface area contributed by atoms with Crippen molar-refractivity contribution in [3.05, 3.63) is 35.9 Å². The van der Waals surface area contributed by atoms with Gasteiger partial charge in [-0.15, -0.1) is 0 Å². The topological polar surface area (TPSA) is 38.3 Å². The lowest BCUT2D eigenvalue weighted by atomic mass is 10.1. The lowest BCUT2D eigenvalue weighted by Crippen LogP contribution is -2.35. The van der Waals surface area contributed by atoms with Crippen molar-refractivity contribution in [2.45, 2.75) is 26.5 Å². The predicted octanol–water partition coefficient (Wildman–Crippen LogP) is 1.97. The van der Waals surface area contributed by atoms with Gasteiger partial charge >= 0.3 is 0 Å². The minimum Gasteiger partial charge on any atom is -0.381 e. The molecule has 0 spiro atoms. The Hall–Kier alpha value is -1.35. The molecule has 88 valence electrons. The van der Waals surface area contributed by atoms with Crippen molar-refractivity contribution >= 4 is 5.91 Å². The maximum absolute atomic E-state index is 11.7. The molecule has 0 bridgehead atoms. The highest BCUT2D eigenvalue weighted by Crippen LogP contribution is 2.06. The third-order valence-corrected chi connectivity index (χ3v) is 2.80. The fourth-order valence-corrected chi connectivity index (χ4v) is 1.36. The summed E-state index contributed by atoms with van der Waals surface area (Å²) in [6, 6.07) is 9.86. The molecular weight excluding hydrogens is 202 g/mol. The number of methoxy groups -OCH3 is 1. The van der Waals surface area contributed by atoms with Crippen LogP contribution in [-0.4, -0.2) is 19.1 Å². The normalized spacial score (nSPS) is 14.2. The van der Waals surface area contributed by atoms with Crippen LogP contribution >= 0.6 is 0 Å². The Balaban J connectivity index is 2.41. The molecular formula is C13H19NO2. The Morgan fingerprint density at radius 3 is 2.50 bits per heavy atom. The van der Waals surface area contributed by atoms with Gasteiger partial charge in [-0.3, -0.25) is 4.79 Å². The van der Waals surface area contributed by atoms with Crippen molar-refractivity contribution in [3.63, 3.8) is 0 Å². The van der Waals surface area contributed by atoms with Crippen molar-refractivity contribution in [3.8, 4) is 0 Å². The Kier molecular flexibility index (Phi) is 4.99. The van der Waals surface area contributed by atoms with E-state index >= 15 is 0 Å². The number of hydrogen-bond donors (Lipinski definition) is 1. The van der Waals surface area contributed by atoms with E-state index in [1.807, 2.05) is 44.2 Å². The summed E-state index contributed by atoms with van der Waals surface area (Å²) in [4.78, 5) is 11.7. The van der Waals surface area contributed by atoms with Crippen LogP contribution in [0.1, 0.15) is 19.4 Å². The van der Waals surface area contributed by atoms with Crippen LogP contribution in [0.25, 0.3) is 0 Å². The van der Waals surface area contributed by atoms with E-state index in [1.165, 1.54) is 0 Å². The van der Waals surface area contributed by atoms with Gasteiger partial charge in [-0.05, 0) is 12.5 Å². The van der Waals surface area contributed by atoms with Crippen LogP contribution in [0.5, 0.6) is 0 Å². The minimum atomic E-state index is -0.131. The molecule has 1 N–H and O–H groups in total. The molecule has 0 aliphatic carbocycles. The van der Waals surface area contributed by atoms with E-state index in [1.54, 1.807) is 7.11 Å². The minimum absolute atomic E-state index is 0.0261. The highest BCUT2D eigenvalue weighted by atomic mass is 16.5. The smallest absolute Gasteiger partial charge is 0.225 e. The number of ether oxygens (including phenoxy) is 1. The number of benzene rings is 1. The van der Waals surface area contributed by atoms with E-state index in [0.717, 1.165) is 5.56 Å². The van der Waals surface area contributed by atoms with Gasteiger partial charge in [0, 0.05) is 13.7 Å². The maximum Gasteiger partial charge on any atom is 0.225 e. The second-order valence-electron chi connectivity index (χ2n) is 3.93. The molecule has 0 saturated heterocycles. The van der Waals surface area contributed by atoms with Gasteiger partial charge in [-0.25, -0.2) is 0 Å². The van der Waals surface area contributed by atoms with E-state index in [9.17, 15) is 4.79 Å². The largest absolute Gasteiger partial charge is 0.381 e. The Morgan fingerprint density at radius 2 is 1.94 bits per heavy atom. The SMILES string of the molecule is COC(C)C(C)C(=O)NCc1ccccc1. The molecule has 3 nitrogen and oxygen atoms in total. The summed E-state index contributed by atoms with van der Waals surface area (Å²) in [7, 11) is 1.62. The molecule has 0 aliphatic rings. The first-order chi connectivity index (χ1) is 7.65. The van der Waals surface area contributed by atoms with Crippen LogP contribution in [-0.2, 0) is 16.1 Å². The summed E-state index contributed by atoms with van der Waals surface area (Å²) < 4.78 is 5.12. The lowest BCUT2D eigenvalue weighted by Gasteiger charge is -2.17. The molecule has 3 heteroatoms. The zero-order chi connectivity index (χ0) is 12.0. The molecule has 0 fully saturated rings. The molecule has 0 saturated carbocycles. The van der Waals surface area contributed by atoms with Gasteiger partial charge < -0.3 is 10.1 Å². The molecule has 16 heavy (non-hydrogen) atoms. The summed E-state index contributed by atoms with van der Waals surface area (Å²) >= 11 is 0. The molecule has 2 atom stereocenters. The molecule has 2 unspecified atom stereocenters. The second kappa shape index (κ2) is 6.28. The van der Waals surface area contributed by atoms with Gasteiger partial charge in [0.2, 0.25) is 5.91 Å². The number of carbonyl (C=O) groups is 1. The van der Waals surface area contributed by atoms with Crippen LogP contribution in [0.3, 0.4) is 0 Å². The van der Waals surface area contributed by atoms with Crippen molar-refractivity contribution < 1.29 is 9.53 Å². The highest BCUT2D eigenvalue weighted by Gasteiger charge is 2.19. The van der Waals surface area contributed by atoms with E-state index in [-0.39, 0.29) is 17.9 Å². The summed E-state index contributed by atoms with van der Waals surface area (Å²) in [5, 5.41) is 2.90. The number of carbonyl (C=O) groups excluding carboxylic acids is 1. The Labute approximate surface area is 96.8 Å². The van der Waals surface area contributed by atoms with Crippen molar-refractivity contribution in [1.29, 1.82) is 0 Å². The second-order valence-corrected chi connectivity index (χ2v) is 3.93. The van der Waals surface area contributed by atoms with Crippen molar-refractivity contribution in [2.75, 3.05) is 7.11 Å². The zero-order valence-electron chi connectivity index (χ0n) is 10.1. The predicted molar refractivity (Wildman–Crippen MR) is 63.9 cm³/mol. The summed E-state index contributed by atoms with van der Waals surface area (Å²) in [6.07, 6.45) is -0.0595. The third kappa shape index (κ3) is 3.66. The zero-order valence-corrected chi connectivity index (χ0v) is 10.1. The number of nitrogens with one attached hydrogen (secondary N) is 1. The Morgan fingerprint density at radius 1 is 1.31 bits per heavy atom. The van der Waals surface area contributed by atoms with Crippen LogP contribution in [0.15, 0.2) is 30.3 Å². The molecule has 1 amide bonds. The summed E-state index contributed by atoms with van der Waals surface area (Å²) in [5.74, 6) is -0.105. The Bertz CT molecular complexity index is 324. The number of hydrogen-bond acceptors (Lipinski definition) is 2. The van der Waals surface area contributed by atoms with Gasteiger partial charge in [-0.2, -0.15) is 0 Å². The van der Waals surface area contributed by atoms with Crippen LogP contribution in [0.2, 0.25) is 0 Å². The van der Waals surface area contributed by atoms with E-state index in [2.05, 4.69) is 5.32 Å². The van der Waals surface area contributed by atoms with E-state index < -0.39 is 0 Å². The summed E-state index contributed by atoms with van der Waals surface area (Å²) in [5.41, 5.74) is 1.10. The molecule has 0 aliphatic heterocycles. The fraction of sp³-hybridized carbons (Fsp3) is 0.462. The molecule has 1 aromatic carbocycles. The highest BCUT2D eigenvalue weighted by molar-refractivity contribution is 5.78. The first-order valence-electron chi connectivity index (χ1n) is 5.49. The van der Waals surface area contributed by atoms with Gasteiger partial charge in [0.25, 0.3) is 0 Å². The van der Waals surface area contributed by atoms with Crippen LogP contribution < -0.4 is 5.32 Å². The molecule has 1 rings (SSSR count). The van der Waals surface area contributed by atoms with Gasteiger partial charge in [0.15, 0.2) is 0 Å². The molecule has 0 aromatic heterocycles. The van der Waals surface area contributed by atoms with Crippen molar-refractivity contribution in [2.24, 2.45) is 5.92 Å². The van der Waals surface area contributed by atoms with E-state index in [0.29, 0.717) is 6.54 Å². The van der Waals surface area contributed by atoms with Crippen LogP contribution in [0, 0.1) is 5.92 Å². The first kappa shape index (κ1) is 12.7. The monoisotopic (exact) mass is 221 g/mol. The fourth-order valence-electron chi connectivity index (χ4n) is 1.36. The average Bonchev–Trinajstić information content (AvgIpc) is 2.35. The first-order valence-corrected chi connectivity index (χ1v) is 5.49. The number of rotatable bonds is 5. The maximum atomic E-state index is 11.7. The van der Waals surface area contributed by atoms with Crippen LogP contribution in [0.4, 0.5) is 0 Å². The van der Waals surface area contributed by atoms with Gasteiger partial charge in [0.1, 0.15) is 0 Å². The average molecular weight is 221 g/mol. The standard InChI is InChI=1S/C13H19NO2/c1-10(11(2)16-3)13(15)14-9-12-7-5-4-6-8-12/h4-8,10-11H,9H2,1-3H3,(H,14,15). The third-order valence-electron chi connectivity index (χ3n) is 2.80. The lowest BCUT2D eigenvalue weighted by molar-refractivity contribution is -0.128. The quantitative estimate of drug-likeness (QED) is 0.825. The molecule has 0 heterocycles. The van der Waals surface area contributed by atoms with Gasteiger partial charge in [-0.1, -0.05) is 37.3 Å².